The predicted octanol–water partition coefficient (Wildman–Crippen LogP) is 2.92. The van der Waals surface area contributed by atoms with E-state index in [9.17, 15) is 19.4 Å². The number of carbonyl (C=O) groups is 1. The summed E-state index contributed by atoms with van der Waals surface area (Å²) in [4.78, 5) is 27.0. The molecule has 2 unspecified atom stereocenters. The van der Waals surface area contributed by atoms with Crippen molar-refractivity contribution in [3.8, 4) is 11.8 Å². The Morgan fingerprint density at radius 3 is 2.88 bits per heavy atom. The molecule has 0 aliphatic carbocycles. The third kappa shape index (κ3) is 4.82. The monoisotopic (exact) mass is 551 g/mol. The van der Waals surface area contributed by atoms with Gasteiger partial charge in [-0.3, -0.25) is 4.79 Å². The van der Waals surface area contributed by atoms with E-state index in [-0.39, 0.29) is 36.6 Å². The maximum atomic E-state index is 14.9. The fourth-order valence-corrected chi connectivity index (χ4v) is 6.01. The molecule has 0 saturated carbocycles. The summed E-state index contributed by atoms with van der Waals surface area (Å²) >= 11 is 0. The Bertz CT molecular complexity index is 1460. The number of hydrogen-bond acceptors (Lipinski definition) is 9. The van der Waals surface area contributed by atoms with Crippen LogP contribution in [0.4, 0.5) is 15.9 Å². The Labute approximate surface area is 231 Å². The van der Waals surface area contributed by atoms with E-state index in [1.54, 1.807) is 12.1 Å². The van der Waals surface area contributed by atoms with Gasteiger partial charge < -0.3 is 34.8 Å². The van der Waals surface area contributed by atoms with Gasteiger partial charge in [-0.25, -0.2) is 4.39 Å². The molecule has 0 bridgehead atoms. The molecule has 3 N–H and O–H groups in total. The molecule has 0 radical (unpaired) electrons. The zero-order valence-corrected chi connectivity index (χ0v) is 22.7. The van der Waals surface area contributed by atoms with Gasteiger partial charge in [-0.15, -0.1) is 0 Å². The Kier molecular flexibility index (Phi) is 6.97. The van der Waals surface area contributed by atoms with E-state index < -0.39 is 11.6 Å². The minimum Gasteiger partial charge on any atom is -0.508 e. The lowest BCUT2D eigenvalue weighted by atomic mass is 9.99. The molecule has 2 fully saturated rings. The van der Waals surface area contributed by atoms with Gasteiger partial charge in [0.1, 0.15) is 29.6 Å². The summed E-state index contributed by atoms with van der Waals surface area (Å²) in [5.41, 5.74) is 1.36. The lowest BCUT2D eigenvalue weighted by molar-refractivity contribution is 0.0996. The number of phenolic OH excluding ortho intramolecular Hbond substituents is 1. The molecule has 2 atom stereocenters. The maximum Gasteiger partial charge on any atom is 0.318 e. The number of nitrogens with zero attached hydrogens (tertiary/aromatic N) is 4. The largest absolute Gasteiger partial charge is 0.508 e. The number of aliphatic hydroxyl groups is 1. The van der Waals surface area contributed by atoms with Crippen LogP contribution in [-0.4, -0.2) is 77.2 Å². The number of halogens is 1. The summed E-state index contributed by atoms with van der Waals surface area (Å²) in [5, 5.41) is 25.1. The van der Waals surface area contributed by atoms with Crippen LogP contribution in [0.15, 0.2) is 24.3 Å². The van der Waals surface area contributed by atoms with Crippen LogP contribution in [0.2, 0.25) is 0 Å². The van der Waals surface area contributed by atoms with Crippen molar-refractivity contribution in [2.24, 2.45) is 0 Å². The standard InChI is InChI=1S/C29H34FN5O5/c1-3-20-21(30)6-5-17-11-18(36)12-23(24(17)20)35-15-22-25(27(35)38)26(34-7-4-9-39-10-8-34)33-28(32-22)40-16-29(2)13-19(37)14-31-29/h5-6,11-12,19,31,36-37H,3-4,7-10,13-16H2,1-2H3. The number of amides is 1. The Morgan fingerprint density at radius 1 is 1.25 bits per heavy atom. The van der Waals surface area contributed by atoms with Crippen molar-refractivity contribution >= 4 is 28.2 Å². The summed E-state index contributed by atoms with van der Waals surface area (Å²) in [5.74, 6) is -0.202. The second-order valence-electron chi connectivity index (χ2n) is 11.0. The highest BCUT2D eigenvalue weighted by atomic mass is 19.1. The SMILES string of the molecule is CCc1c(F)ccc2cc(O)cc(N3Cc4nc(OCC5(C)CC(O)CN5)nc(N5CCCOCC5)c4C3=O)c12. The number of anilines is 2. The van der Waals surface area contributed by atoms with Gasteiger partial charge in [-0.1, -0.05) is 13.0 Å². The van der Waals surface area contributed by atoms with Crippen LogP contribution in [0.1, 0.15) is 48.3 Å². The molecule has 6 rings (SSSR count). The number of hydrogen-bond donors (Lipinski definition) is 3. The molecule has 3 aliphatic heterocycles. The number of rotatable bonds is 6. The van der Waals surface area contributed by atoms with Crippen LogP contribution in [0.25, 0.3) is 10.8 Å². The molecule has 1 aromatic heterocycles. The summed E-state index contributed by atoms with van der Waals surface area (Å²) < 4.78 is 26.6. The van der Waals surface area contributed by atoms with Crippen molar-refractivity contribution in [2.75, 3.05) is 49.3 Å². The highest BCUT2D eigenvalue weighted by Gasteiger charge is 2.39. The second kappa shape index (κ2) is 10.5. The number of aryl methyl sites for hydroxylation is 1. The summed E-state index contributed by atoms with van der Waals surface area (Å²) in [6.45, 7) is 7.05. The van der Waals surface area contributed by atoms with Crippen LogP contribution in [0.3, 0.4) is 0 Å². The number of benzene rings is 2. The van der Waals surface area contributed by atoms with E-state index in [2.05, 4.69) is 10.3 Å². The number of β-amino-alcohol motifs (C(OH)–C–C–N with tert-alkyl or cyclic N) is 1. The van der Waals surface area contributed by atoms with Crippen molar-refractivity contribution in [2.45, 2.75) is 51.3 Å². The molecule has 212 valence electrons. The molecule has 1 amide bonds. The van der Waals surface area contributed by atoms with Gasteiger partial charge in [0.2, 0.25) is 0 Å². The van der Waals surface area contributed by atoms with Crippen LogP contribution in [0, 0.1) is 5.82 Å². The van der Waals surface area contributed by atoms with Crippen LogP contribution >= 0.6 is 0 Å². The molecular weight excluding hydrogens is 517 g/mol. The number of fused-ring (bicyclic) bond motifs is 2. The smallest absolute Gasteiger partial charge is 0.318 e. The van der Waals surface area contributed by atoms with Gasteiger partial charge in [-0.05, 0) is 49.3 Å². The highest BCUT2D eigenvalue weighted by molar-refractivity contribution is 6.16. The average Bonchev–Trinajstić information content (AvgIpc) is 3.30. The number of nitrogens with one attached hydrogen (secondary N) is 1. The number of ether oxygens (including phenoxy) is 2. The van der Waals surface area contributed by atoms with Gasteiger partial charge in [0, 0.05) is 37.7 Å². The van der Waals surface area contributed by atoms with E-state index in [0.29, 0.717) is 84.8 Å². The molecule has 3 aliphatic rings. The van der Waals surface area contributed by atoms with Crippen LogP contribution in [-0.2, 0) is 17.7 Å². The van der Waals surface area contributed by atoms with E-state index in [0.717, 1.165) is 6.42 Å². The van der Waals surface area contributed by atoms with Crippen molar-refractivity contribution in [1.29, 1.82) is 0 Å². The van der Waals surface area contributed by atoms with Gasteiger partial charge in [0.05, 0.1) is 36.2 Å². The molecular formula is C29H34FN5O5. The number of phenols is 1. The lowest BCUT2D eigenvalue weighted by Crippen LogP contribution is -2.42. The average molecular weight is 552 g/mol. The predicted molar refractivity (Wildman–Crippen MR) is 148 cm³/mol. The fraction of sp³-hybridized carbons (Fsp3) is 0.483. The zero-order chi connectivity index (χ0) is 28.0. The summed E-state index contributed by atoms with van der Waals surface area (Å²) in [6, 6.07) is 6.24. The second-order valence-corrected chi connectivity index (χ2v) is 11.0. The molecule has 2 saturated heterocycles. The van der Waals surface area contributed by atoms with E-state index in [1.807, 2.05) is 18.7 Å². The molecule has 4 heterocycles. The fourth-order valence-electron chi connectivity index (χ4n) is 6.01. The molecule has 3 aromatic rings. The van der Waals surface area contributed by atoms with Crippen molar-refractivity contribution < 1.29 is 28.9 Å². The van der Waals surface area contributed by atoms with Crippen molar-refractivity contribution in [3.63, 3.8) is 0 Å². The molecule has 2 aromatic carbocycles. The number of aliphatic hydroxyl groups excluding tert-OH is 1. The van der Waals surface area contributed by atoms with Gasteiger partial charge in [0.15, 0.2) is 0 Å². The highest BCUT2D eigenvalue weighted by Crippen LogP contribution is 2.41. The Balaban J connectivity index is 1.42. The Morgan fingerprint density at radius 2 is 2.10 bits per heavy atom. The molecule has 0 spiro atoms. The third-order valence-electron chi connectivity index (χ3n) is 7.98. The quantitative estimate of drug-likeness (QED) is 0.425. The lowest BCUT2D eigenvalue weighted by Gasteiger charge is -2.25. The van der Waals surface area contributed by atoms with E-state index >= 15 is 0 Å². The molecule has 10 nitrogen and oxygen atoms in total. The molecule has 40 heavy (non-hydrogen) atoms. The minimum absolute atomic E-state index is 0.0144. The van der Waals surface area contributed by atoms with Gasteiger partial charge in [-0.2, -0.15) is 9.97 Å². The first-order valence-corrected chi connectivity index (χ1v) is 13.8. The first-order chi connectivity index (χ1) is 19.3. The summed E-state index contributed by atoms with van der Waals surface area (Å²) in [6.07, 6.45) is 1.31. The maximum absolute atomic E-state index is 14.9. The topological polar surface area (TPSA) is 120 Å². The number of aromatic nitrogens is 2. The third-order valence-corrected chi connectivity index (χ3v) is 7.98. The van der Waals surface area contributed by atoms with Gasteiger partial charge >= 0.3 is 6.01 Å². The summed E-state index contributed by atoms with van der Waals surface area (Å²) in [7, 11) is 0. The number of aromatic hydroxyl groups is 1. The van der Waals surface area contributed by atoms with Crippen molar-refractivity contribution in [3.05, 3.63) is 46.9 Å². The van der Waals surface area contributed by atoms with E-state index in [4.69, 9.17) is 14.5 Å². The van der Waals surface area contributed by atoms with Crippen LogP contribution in [0.5, 0.6) is 11.8 Å². The zero-order valence-electron chi connectivity index (χ0n) is 22.7. The first kappa shape index (κ1) is 26.7. The normalized spacial score (nSPS) is 23.1. The molecule has 11 heteroatoms. The number of carbonyl (C=O) groups excluding carboxylic acids is 1. The van der Waals surface area contributed by atoms with E-state index in [1.165, 1.54) is 17.0 Å². The van der Waals surface area contributed by atoms with Crippen LogP contribution < -0.4 is 19.9 Å². The Hall–Kier alpha value is -3.54. The van der Waals surface area contributed by atoms with Gasteiger partial charge in [0.25, 0.3) is 5.91 Å². The van der Waals surface area contributed by atoms with Crippen molar-refractivity contribution in [1.82, 2.24) is 15.3 Å². The minimum atomic E-state index is -0.441. The first-order valence-electron chi connectivity index (χ1n) is 13.8.